The highest BCUT2D eigenvalue weighted by Crippen LogP contribution is 1.96. The number of aliphatic hydroxyl groups is 1. The van der Waals surface area contributed by atoms with Crippen molar-refractivity contribution in [3.8, 4) is 11.8 Å². The summed E-state index contributed by atoms with van der Waals surface area (Å²) in [7, 11) is 0. The van der Waals surface area contributed by atoms with Crippen LogP contribution in [0.4, 0.5) is 0 Å². The van der Waals surface area contributed by atoms with Gasteiger partial charge in [0.25, 0.3) is 0 Å². The van der Waals surface area contributed by atoms with E-state index in [9.17, 15) is 4.79 Å². The Kier molecular flexibility index (Phi) is 9.34. The van der Waals surface area contributed by atoms with Crippen LogP contribution in [0.5, 0.6) is 0 Å². The molecule has 0 aliphatic rings. The number of aliphatic hydroxyl groups excluding tert-OH is 1. The van der Waals surface area contributed by atoms with Crippen molar-refractivity contribution < 1.29 is 15.0 Å². The van der Waals surface area contributed by atoms with Crippen LogP contribution in [-0.4, -0.2) is 22.3 Å². The molecule has 0 spiro atoms. The van der Waals surface area contributed by atoms with Crippen LogP contribution in [0.3, 0.4) is 0 Å². The first-order chi connectivity index (χ1) is 8.57. The standard InChI is InChI=1S/C8H14O.C7H6O2/c1-3-4-5-6-7-8(2)9;8-7(9)6-4-2-1-3-5-6/h8-9H,3-5H2,1-2H3;1-5H,(H,8,9)/t8-;/m0./s1. The van der Waals surface area contributed by atoms with Gasteiger partial charge in [-0.1, -0.05) is 37.5 Å². The second-order valence-corrected chi connectivity index (χ2v) is 3.77. The topological polar surface area (TPSA) is 57.5 Å². The first-order valence-electron chi connectivity index (χ1n) is 6.02. The summed E-state index contributed by atoms with van der Waals surface area (Å²) in [6.45, 7) is 3.81. The highest BCUT2D eigenvalue weighted by molar-refractivity contribution is 5.87. The Labute approximate surface area is 108 Å². The van der Waals surface area contributed by atoms with Gasteiger partial charge in [-0.2, -0.15) is 0 Å². The highest BCUT2D eigenvalue weighted by atomic mass is 16.4. The molecule has 1 aromatic carbocycles. The van der Waals surface area contributed by atoms with Crippen molar-refractivity contribution >= 4 is 5.97 Å². The van der Waals surface area contributed by atoms with E-state index in [1.54, 1.807) is 37.3 Å². The van der Waals surface area contributed by atoms with Gasteiger partial charge in [-0.05, 0) is 25.5 Å². The zero-order valence-corrected chi connectivity index (χ0v) is 10.9. The van der Waals surface area contributed by atoms with E-state index in [0.717, 1.165) is 12.8 Å². The molecule has 0 saturated carbocycles. The lowest BCUT2D eigenvalue weighted by Gasteiger charge is -1.88. The molecule has 0 fully saturated rings. The normalized spacial score (nSPS) is 10.4. The van der Waals surface area contributed by atoms with Gasteiger partial charge in [-0.3, -0.25) is 0 Å². The fraction of sp³-hybridized carbons (Fsp3) is 0.400. The predicted octanol–water partition coefficient (Wildman–Crippen LogP) is 2.95. The van der Waals surface area contributed by atoms with Gasteiger partial charge >= 0.3 is 5.97 Å². The number of carboxylic acids is 1. The Hall–Kier alpha value is -1.79. The maximum atomic E-state index is 10.2. The monoisotopic (exact) mass is 248 g/mol. The van der Waals surface area contributed by atoms with Crippen LogP contribution in [-0.2, 0) is 0 Å². The van der Waals surface area contributed by atoms with Gasteiger partial charge < -0.3 is 10.2 Å². The summed E-state index contributed by atoms with van der Waals surface area (Å²) in [6.07, 6.45) is 2.78. The lowest BCUT2D eigenvalue weighted by atomic mass is 10.2. The molecule has 3 heteroatoms. The third-order valence-corrected chi connectivity index (χ3v) is 1.99. The number of hydrogen-bond donors (Lipinski definition) is 2. The number of carbonyl (C=O) groups is 1. The van der Waals surface area contributed by atoms with Crippen LogP contribution < -0.4 is 0 Å². The Balaban J connectivity index is 0.000000321. The van der Waals surface area contributed by atoms with Crippen molar-refractivity contribution in [2.24, 2.45) is 0 Å². The largest absolute Gasteiger partial charge is 0.478 e. The summed E-state index contributed by atoms with van der Waals surface area (Å²) in [6, 6.07) is 8.30. The van der Waals surface area contributed by atoms with Crippen molar-refractivity contribution in [3.05, 3.63) is 35.9 Å². The molecule has 0 aliphatic heterocycles. The minimum absolute atomic E-state index is 0.331. The minimum Gasteiger partial charge on any atom is -0.478 e. The van der Waals surface area contributed by atoms with Gasteiger partial charge in [-0.25, -0.2) is 4.79 Å². The molecule has 0 aliphatic carbocycles. The second-order valence-electron chi connectivity index (χ2n) is 3.77. The van der Waals surface area contributed by atoms with Crippen molar-refractivity contribution in [1.82, 2.24) is 0 Å². The average molecular weight is 248 g/mol. The molecule has 1 atom stereocenters. The average Bonchev–Trinajstić information content (AvgIpc) is 2.36. The molecule has 0 amide bonds. The zero-order chi connectivity index (χ0) is 13.8. The van der Waals surface area contributed by atoms with Crippen LogP contribution in [0.1, 0.15) is 43.5 Å². The van der Waals surface area contributed by atoms with E-state index >= 15 is 0 Å². The molecule has 0 radical (unpaired) electrons. The van der Waals surface area contributed by atoms with Crippen LogP contribution in [0.25, 0.3) is 0 Å². The summed E-state index contributed by atoms with van der Waals surface area (Å²) >= 11 is 0. The Morgan fingerprint density at radius 2 is 1.94 bits per heavy atom. The fourth-order valence-corrected chi connectivity index (χ4v) is 1.07. The van der Waals surface area contributed by atoms with E-state index in [1.807, 2.05) is 0 Å². The molecule has 1 rings (SSSR count). The second kappa shape index (κ2) is 10.4. The van der Waals surface area contributed by atoms with Gasteiger partial charge in [0.15, 0.2) is 0 Å². The summed E-state index contributed by atoms with van der Waals surface area (Å²) < 4.78 is 0. The summed E-state index contributed by atoms with van der Waals surface area (Å²) in [5.41, 5.74) is 0.331. The predicted molar refractivity (Wildman–Crippen MR) is 72.4 cm³/mol. The number of rotatable bonds is 3. The first-order valence-corrected chi connectivity index (χ1v) is 6.02. The van der Waals surface area contributed by atoms with Crippen LogP contribution in [0.15, 0.2) is 30.3 Å². The number of carboxylic acid groups (broad SMARTS) is 1. The number of hydrogen-bond acceptors (Lipinski definition) is 2. The van der Waals surface area contributed by atoms with E-state index in [4.69, 9.17) is 10.2 Å². The molecule has 1 aromatic rings. The van der Waals surface area contributed by atoms with Gasteiger partial charge in [0.2, 0.25) is 0 Å². The molecule has 0 heterocycles. The molecular formula is C15H20O3. The third-order valence-electron chi connectivity index (χ3n) is 1.99. The van der Waals surface area contributed by atoms with Crippen molar-refractivity contribution in [3.63, 3.8) is 0 Å². The Morgan fingerprint density at radius 1 is 1.33 bits per heavy atom. The maximum absolute atomic E-state index is 10.2. The van der Waals surface area contributed by atoms with Gasteiger partial charge in [0.05, 0.1) is 5.56 Å². The maximum Gasteiger partial charge on any atom is 0.335 e. The molecule has 98 valence electrons. The molecule has 3 nitrogen and oxygen atoms in total. The van der Waals surface area contributed by atoms with Crippen LogP contribution in [0, 0.1) is 11.8 Å². The summed E-state index contributed by atoms with van der Waals surface area (Å²) in [4.78, 5) is 10.2. The van der Waals surface area contributed by atoms with E-state index in [0.29, 0.717) is 5.56 Å². The number of unbranched alkanes of at least 4 members (excludes halogenated alkanes) is 2. The van der Waals surface area contributed by atoms with Crippen molar-refractivity contribution in [2.45, 2.75) is 39.2 Å². The van der Waals surface area contributed by atoms with E-state index in [2.05, 4.69) is 18.8 Å². The molecule has 0 saturated heterocycles. The summed E-state index contributed by atoms with van der Waals surface area (Å²) in [5.74, 6) is 4.69. The van der Waals surface area contributed by atoms with Gasteiger partial charge in [0.1, 0.15) is 6.10 Å². The third kappa shape index (κ3) is 9.44. The molecule has 0 aromatic heterocycles. The molecule has 0 unspecified atom stereocenters. The van der Waals surface area contributed by atoms with Crippen LogP contribution >= 0.6 is 0 Å². The SMILES string of the molecule is CCCCC#C[C@H](C)O.O=C(O)c1ccccc1. The van der Waals surface area contributed by atoms with Crippen molar-refractivity contribution in [2.75, 3.05) is 0 Å². The quantitative estimate of drug-likeness (QED) is 0.638. The molecular weight excluding hydrogens is 228 g/mol. The van der Waals surface area contributed by atoms with E-state index < -0.39 is 12.1 Å². The smallest absolute Gasteiger partial charge is 0.335 e. The fourth-order valence-electron chi connectivity index (χ4n) is 1.07. The lowest BCUT2D eigenvalue weighted by molar-refractivity contribution is 0.0697. The molecule has 0 bridgehead atoms. The Morgan fingerprint density at radius 3 is 2.33 bits per heavy atom. The Bertz CT molecular complexity index is 385. The van der Waals surface area contributed by atoms with Gasteiger partial charge in [0, 0.05) is 6.42 Å². The molecule has 18 heavy (non-hydrogen) atoms. The van der Waals surface area contributed by atoms with Crippen molar-refractivity contribution in [1.29, 1.82) is 0 Å². The first kappa shape index (κ1) is 16.2. The number of aromatic carboxylic acids is 1. The summed E-state index contributed by atoms with van der Waals surface area (Å²) in [5, 5.41) is 17.1. The highest BCUT2D eigenvalue weighted by Gasteiger charge is 1.96. The lowest BCUT2D eigenvalue weighted by Crippen LogP contribution is -1.93. The van der Waals surface area contributed by atoms with Crippen LogP contribution in [0.2, 0.25) is 0 Å². The van der Waals surface area contributed by atoms with E-state index in [1.165, 1.54) is 6.42 Å². The van der Waals surface area contributed by atoms with Gasteiger partial charge in [-0.15, -0.1) is 5.92 Å². The minimum atomic E-state index is -0.879. The molecule has 2 N–H and O–H groups in total. The van der Waals surface area contributed by atoms with E-state index in [-0.39, 0.29) is 0 Å². The zero-order valence-electron chi connectivity index (χ0n) is 10.9. The number of benzene rings is 1.